The lowest BCUT2D eigenvalue weighted by Gasteiger charge is -2.23. The van der Waals surface area contributed by atoms with Crippen molar-refractivity contribution in [3.63, 3.8) is 0 Å². The highest BCUT2D eigenvalue weighted by atomic mass is 16.4. The van der Waals surface area contributed by atoms with E-state index in [0.717, 1.165) is 19.4 Å². The quantitative estimate of drug-likeness (QED) is 0.503. The SMILES string of the molecule is O=C(CCC1CCCCN1)NC[C@H](O)C(=O)O. The molecule has 0 bridgehead atoms. The van der Waals surface area contributed by atoms with E-state index >= 15 is 0 Å². The molecule has 1 rings (SSSR count). The van der Waals surface area contributed by atoms with E-state index in [1.807, 2.05) is 0 Å². The van der Waals surface area contributed by atoms with Crippen molar-refractivity contribution in [2.24, 2.45) is 0 Å². The number of aliphatic hydroxyl groups excluding tert-OH is 1. The van der Waals surface area contributed by atoms with Crippen molar-refractivity contribution in [2.75, 3.05) is 13.1 Å². The van der Waals surface area contributed by atoms with E-state index in [9.17, 15) is 9.59 Å². The zero-order valence-corrected chi connectivity index (χ0v) is 9.82. The van der Waals surface area contributed by atoms with Crippen molar-refractivity contribution in [1.82, 2.24) is 10.6 Å². The van der Waals surface area contributed by atoms with Crippen molar-refractivity contribution in [3.8, 4) is 0 Å². The molecule has 1 aliphatic rings. The topological polar surface area (TPSA) is 98.7 Å². The number of carbonyl (C=O) groups excluding carboxylic acids is 1. The molecule has 17 heavy (non-hydrogen) atoms. The summed E-state index contributed by atoms with van der Waals surface area (Å²) in [6, 6.07) is 0.388. The number of hydrogen-bond donors (Lipinski definition) is 4. The van der Waals surface area contributed by atoms with Crippen LogP contribution in [0.3, 0.4) is 0 Å². The predicted octanol–water partition coefficient (Wildman–Crippen LogP) is -0.530. The summed E-state index contributed by atoms with van der Waals surface area (Å²) in [5.41, 5.74) is 0. The minimum Gasteiger partial charge on any atom is -0.479 e. The maximum Gasteiger partial charge on any atom is 0.334 e. The van der Waals surface area contributed by atoms with E-state index < -0.39 is 12.1 Å². The summed E-state index contributed by atoms with van der Waals surface area (Å²) in [6.45, 7) is 0.774. The number of aliphatic hydroxyl groups is 1. The second kappa shape index (κ2) is 7.24. The Kier molecular flexibility index (Phi) is 5.93. The van der Waals surface area contributed by atoms with Gasteiger partial charge in [0, 0.05) is 12.5 Å². The van der Waals surface area contributed by atoms with Gasteiger partial charge in [-0.25, -0.2) is 4.79 Å². The fourth-order valence-electron chi connectivity index (χ4n) is 1.86. The molecule has 1 aliphatic heterocycles. The number of piperidine rings is 1. The Bertz CT molecular complexity index is 264. The zero-order chi connectivity index (χ0) is 12.7. The molecule has 0 radical (unpaired) electrons. The largest absolute Gasteiger partial charge is 0.479 e. The summed E-state index contributed by atoms with van der Waals surface area (Å²) in [4.78, 5) is 21.7. The van der Waals surface area contributed by atoms with Crippen LogP contribution in [0.4, 0.5) is 0 Å². The third-order valence-electron chi connectivity index (χ3n) is 2.91. The molecule has 0 aromatic heterocycles. The summed E-state index contributed by atoms with van der Waals surface area (Å²) in [5.74, 6) is -1.53. The highest BCUT2D eigenvalue weighted by Crippen LogP contribution is 2.11. The Labute approximate surface area is 100 Å². The molecule has 4 N–H and O–H groups in total. The van der Waals surface area contributed by atoms with Gasteiger partial charge in [0.1, 0.15) is 0 Å². The van der Waals surface area contributed by atoms with Crippen LogP contribution >= 0.6 is 0 Å². The lowest BCUT2D eigenvalue weighted by atomic mass is 10.0. The third kappa shape index (κ3) is 5.65. The lowest BCUT2D eigenvalue weighted by molar-refractivity contribution is -0.146. The number of carbonyl (C=O) groups is 2. The maximum atomic E-state index is 11.4. The molecule has 0 spiro atoms. The van der Waals surface area contributed by atoms with Crippen LogP contribution in [0.15, 0.2) is 0 Å². The minimum atomic E-state index is -1.52. The van der Waals surface area contributed by atoms with E-state index in [-0.39, 0.29) is 12.5 Å². The van der Waals surface area contributed by atoms with Crippen LogP contribution in [0.5, 0.6) is 0 Å². The summed E-state index contributed by atoms with van der Waals surface area (Å²) in [7, 11) is 0. The first-order valence-electron chi connectivity index (χ1n) is 6.00. The average Bonchev–Trinajstić information content (AvgIpc) is 2.34. The summed E-state index contributed by atoms with van der Waals surface area (Å²) >= 11 is 0. The number of aliphatic carboxylic acids is 1. The Morgan fingerprint density at radius 2 is 2.18 bits per heavy atom. The Hall–Kier alpha value is -1.14. The van der Waals surface area contributed by atoms with Crippen molar-refractivity contribution in [3.05, 3.63) is 0 Å². The molecule has 1 fully saturated rings. The Morgan fingerprint density at radius 3 is 2.76 bits per heavy atom. The number of rotatable bonds is 6. The highest BCUT2D eigenvalue weighted by Gasteiger charge is 2.16. The van der Waals surface area contributed by atoms with Gasteiger partial charge < -0.3 is 20.8 Å². The number of nitrogens with one attached hydrogen (secondary N) is 2. The fourth-order valence-corrected chi connectivity index (χ4v) is 1.86. The summed E-state index contributed by atoms with van der Waals surface area (Å²) in [6.07, 6.45) is 3.07. The predicted molar refractivity (Wildman–Crippen MR) is 61.5 cm³/mol. The van der Waals surface area contributed by atoms with Crippen molar-refractivity contribution >= 4 is 11.9 Å². The number of carboxylic acid groups (broad SMARTS) is 1. The van der Waals surface area contributed by atoms with Gasteiger partial charge >= 0.3 is 5.97 Å². The molecular weight excluding hydrogens is 224 g/mol. The van der Waals surface area contributed by atoms with E-state index in [1.54, 1.807) is 0 Å². The van der Waals surface area contributed by atoms with Crippen molar-refractivity contribution in [1.29, 1.82) is 0 Å². The fraction of sp³-hybridized carbons (Fsp3) is 0.818. The molecule has 98 valence electrons. The third-order valence-corrected chi connectivity index (χ3v) is 2.91. The second-order valence-corrected chi connectivity index (χ2v) is 4.34. The van der Waals surface area contributed by atoms with Gasteiger partial charge in [0.2, 0.25) is 5.91 Å². The van der Waals surface area contributed by atoms with Crippen molar-refractivity contribution < 1.29 is 19.8 Å². The van der Waals surface area contributed by atoms with Gasteiger partial charge in [-0.2, -0.15) is 0 Å². The van der Waals surface area contributed by atoms with E-state index in [0.29, 0.717) is 12.5 Å². The molecule has 6 nitrogen and oxygen atoms in total. The zero-order valence-electron chi connectivity index (χ0n) is 9.82. The van der Waals surface area contributed by atoms with Crippen LogP contribution in [-0.2, 0) is 9.59 Å². The summed E-state index contributed by atoms with van der Waals surface area (Å²) in [5, 5.41) is 23.1. The normalized spacial score (nSPS) is 21.8. The molecule has 0 aliphatic carbocycles. The molecule has 1 unspecified atom stereocenters. The summed E-state index contributed by atoms with van der Waals surface area (Å²) < 4.78 is 0. The molecule has 1 heterocycles. The van der Waals surface area contributed by atoms with Crippen LogP contribution in [-0.4, -0.2) is 47.3 Å². The van der Waals surface area contributed by atoms with Crippen LogP contribution in [0.2, 0.25) is 0 Å². The molecule has 1 saturated heterocycles. The molecule has 2 atom stereocenters. The van der Waals surface area contributed by atoms with Gasteiger partial charge in [-0.15, -0.1) is 0 Å². The van der Waals surface area contributed by atoms with Gasteiger partial charge in [-0.05, 0) is 25.8 Å². The standard InChI is InChI=1S/C11H20N2O4/c14-9(11(16)17)7-13-10(15)5-4-8-3-1-2-6-12-8/h8-9,12,14H,1-7H2,(H,13,15)(H,16,17)/t8?,9-/m0/s1. The van der Waals surface area contributed by atoms with Crippen LogP contribution in [0.25, 0.3) is 0 Å². The second-order valence-electron chi connectivity index (χ2n) is 4.34. The van der Waals surface area contributed by atoms with E-state index in [1.165, 1.54) is 12.8 Å². The first kappa shape index (κ1) is 13.9. The highest BCUT2D eigenvalue weighted by molar-refractivity contribution is 5.77. The van der Waals surface area contributed by atoms with Gasteiger partial charge in [-0.3, -0.25) is 4.79 Å². The average molecular weight is 244 g/mol. The van der Waals surface area contributed by atoms with E-state index in [2.05, 4.69) is 10.6 Å². The van der Waals surface area contributed by atoms with Gasteiger partial charge in [0.05, 0.1) is 6.54 Å². The molecular formula is C11H20N2O4. The lowest BCUT2D eigenvalue weighted by Crippen LogP contribution is -2.38. The molecule has 0 saturated carbocycles. The molecule has 0 aromatic rings. The van der Waals surface area contributed by atoms with Gasteiger partial charge in [0.15, 0.2) is 6.10 Å². The Morgan fingerprint density at radius 1 is 1.41 bits per heavy atom. The Balaban J connectivity index is 2.10. The molecule has 1 amide bonds. The number of carboxylic acids is 1. The van der Waals surface area contributed by atoms with Crippen molar-refractivity contribution in [2.45, 2.75) is 44.2 Å². The van der Waals surface area contributed by atoms with Gasteiger partial charge in [-0.1, -0.05) is 6.42 Å². The number of amides is 1. The molecule has 0 aromatic carbocycles. The first-order chi connectivity index (χ1) is 8.09. The van der Waals surface area contributed by atoms with E-state index in [4.69, 9.17) is 10.2 Å². The monoisotopic (exact) mass is 244 g/mol. The van der Waals surface area contributed by atoms with Gasteiger partial charge in [0.25, 0.3) is 0 Å². The maximum absolute atomic E-state index is 11.4. The number of hydrogen-bond acceptors (Lipinski definition) is 4. The molecule has 6 heteroatoms. The first-order valence-corrected chi connectivity index (χ1v) is 6.00. The van der Waals surface area contributed by atoms with Crippen LogP contribution in [0.1, 0.15) is 32.1 Å². The minimum absolute atomic E-state index is 0.210. The van der Waals surface area contributed by atoms with Crippen LogP contribution in [0, 0.1) is 0 Å². The smallest absolute Gasteiger partial charge is 0.334 e. The van der Waals surface area contributed by atoms with Crippen LogP contribution < -0.4 is 10.6 Å².